The van der Waals surface area contributed by atoms with Gasteiger partial charge in [-0.1, -0.05) is 6.07 Å². The van der Waals surface area contributed by atoms with Crippen molar-refractivity contribution in [2.24, 2.45) is 0 Å². The summed E-state index contributed by atoms with van der Waals surface area (Å²) in [5, 5.41) is 14.3. The minimum atomic E-state index is -0.534. The molecule has 0 aliphatic carbocycles. The molecule has 0 unspecified atom stereocenters. The van der Waals surface area contributed by atoms with Crippen LogP contribution in [0.4, 0.5) is 23.1 Å². The first kappa shape index (κ1) is 16.6. The van der Waals surface area contributed by atoms with Crippen LogP contribution in [0.2, 0.25) is 0 Å². The number of aryl methyl sites for hydroxylation is 1. The van der Waals surface area contributed by atoms with Crippen molar-refractivity contribution in [2.45, 2.75) is 33.2 Å². The molecule has 0 radical (unpaired) electrons. The van der Waals surface area contributed by atoms with E-state index in [-0.39, 0.29) is 22.9 Å². The van der Waals surface area contributed by atoms with E-state index in [1.165, 1.54) is 6.33 Å². The summed E-state index contributed by atoms with van der Waals surface area (Å²) in [6.07, 6.45) is 2.85. The summed E-state index contributed by atoms with van der Waals surface area (Å²) in [6, 6.07) is 3.64. The van der Waals surface area contributed by atoms with Gasteiger partial charge in [-0.25, -0.2) is 20.4 Å². The number of hydrogen-bond acceptors (Lipinski definition) is 8. The maximum Gasteiger partial charge on any atom is 0.354 e. The molecule has 0 spiro atoms. The highest BCUT2D eigenvalue weighted by molar-refractivity contribution is 5.73. The van der Waals surface area contributed by atoms with E-state index in [0.717, 1.165) is 5.56 Å². The molecule has 23 heavy (non-hydrogen) atoms. The Morgan fingerprint density at radius 1 is 1.13 bits per heavy atom. The topological polar surface area (TPSA) is 118 Å². The van der Waals surface area contributed by atoms with Crippen molar-refractivity contribution in [1.29, 1.82) is 0 Å². The second kappa shape index (κ2) is 6.53. The zero-order valence-electron chi connectivity index (χ0n) is 13.4. The minimum Gasteiger partial charge on any atom is -0.319 e. The van der Waals surface area contributed by atoms with Crippen LogP contribution in [-0.2, 0) is 0 Å². The highest BCUT2D eigenvalue weighted by Gasteiger charge is 2.24. The summed E-state index contributed by atoms with van der Waals surface area (Å²) >= 11 is 0. The third-order valence-electron chi connectivity index (χ3n) is 2.81. The van der Waals surface area contributed by atoms with E-state index < -0.39 is 4.92 Å². The van der Waals surface area contributed by atoms with Gasteiger partial charge in [0.25, 0.3) is 0 Å². The molecule has 0 aliphatic heterocycles. The number of aromatic nitrogens is 3. The predicted molar refractivity (Wildman–Crippen MR) is 87.5 cm³/mol. The van der Waals surface area contributed by atoms with Gasteiger partial charge >= 0.3 is 5.69 Å². The number of anilines is 3. The van der Waals surface area contributed by atoms with Crippen molar-refractivity contribution in [3.05, 3.63) is 40.3 Å². The molecule has 2 rings (SSSR count). The maximum atomic E-state index is 11.4. The Labute approximate surface area is 133 Å². The van der Waals surface area contributed by atoms with Gasteiger partial charge in [0.15, 0.2) is 0 Å². The number of hydrogen-bond donors (Lipinski definition) is 3. The molecular weight excluding hydrogens is 298 g/mol. The van der Waals surface area contributed by atoms with Crippen molar-refractivity contribution >= 4 is 23.1 Å². The van der Waals surface area contributed by atoms with Crippen LogP contribution in [0, 0.1) is 17.0 Å². The molecule has 122 valence electrons. The summed E-state index contributed by atoms with van der Waals surface area (Å²) in [5.41, 5.74) is 6.03. The van der Waals surface area contributed by atoms with Gasteiger partial charge in [-0.3, -0.25) is 15.5 Å². The van der Waals surface area contributed by atoms with E-state index >= 15 is 0 Å². The van der Waals surface area contributed by atoms with Gasteiger partial charge in [0.2, 0.25) is 11.6 Å². The molecule has 3 N–H and O–H groups in total. The summed E-state index contributed by atoms with van der Waals surface area (Å²) in [4.78, 5) is 23.0. The van der Waals surface area contributed by atoms with E-state index in [4.69, 9.17) is 0 Å². The molecule has 0 amide bonds. The van der Waals surface area contributed by atoms with Crippen LogP contribution < -0.4 is 16.2 Å². The fraction of sp³-hybridized carbons (Fsp3) is 0.357. The zero-order valence-corrected chi connectivity index (χ0v) is 13.4. The monoisotopic (exact) mass is 317 g/mol. The number of nitrogens with zero attached hydrogens (tertiary/aromatic N) is 4. The molecule has 0 atom stereocenters. The lowest BCUT2D eigenvalue weighted by Gasteiger charge is -2.21. The lowest BCUT2D eigenvalue weighted by Crippen LogP contribution is -2.40. The van der Waals surface area contributed by atoms with Gasteiger partial charge < -0.3 is 5.32 Å². The number of nitrogens with one attached hydrogen (secondary N) is 3. The lowest BCUT2D eigenvalue weighted by atomic mass is 10.1. The smallest absolute Gasteiger partial charge is 0.319 e. The predicted octanol–water partition coefficient (Wildman–Crippen LogP) is 2.55. The molecular formula is C14H19N7O2. The summed E-state index contributed by atoms with van der Waals surface area (Å²) in [5.74, 6) is 0.657. The van der Waals surface area contributed by atoms with Crippen molar-refractivity contribution in [3.8, 4) is 0 Å². The third-order valence-corrected chi connectivity index (χ3v) is 2.81. The van der Waals surface area contributed by atoms with Crippen LogP contribution in [0.3, 0.4) is 0 Å². The van der Waals surface area contributed by atoms with Crippen molar-refractivity contribution < 1.29 is 4.92 Å². The molecule has 0 saturated heterocycles. The molecule has 2 aromatic rings. The van der Waals surface area contributed by atoms with E-state index in [1.807, 2.05) is 33.8 Å². The molecule has 0 saturated carbocycles. The van der Waals surface area contributed by atoms with Crippen LogP contribution in [0.15, 0.2) is 24.7 Å². The Kier molecular flexibility index (Phi) is 4.70. The molecule has 0 bridgehead atoms. The van der Waals surface area contributed by atoms with Crippen molar-refractivity contribution in [2.75, 3.05) is 10.7 Å². The molecule has 9 heteroatoms. The average Bonchev–Trinajstić information content (AvgIpc) is 2.46. The van der Waals surface area contributed by atoms with E-state index in [2.05, 4.69) is 31.1 Å². The summed E-state index contributed by atoms with van der Waals surface area (Å²) in [7, 11) is 0. The Bertz CT molecular complexity index is 713. The largest absolute Gasteiger partial charge is 0.354 e. The van der Waals surface area contributed by atoms with Crippen LogP contribution in [0.1, 0.15) is 26.3 Å². The second-order valence-corrected chi connectivity index (χ2v) is 5.97. The average molecular weight is 317 g/mol. The van der Waals surface area contributed by atoms with E-state index in [1.54, 1.807) is 12.3 Å². The number of nitro groups is 1. The van der Waals surface area contributed by atoms with Gasteiger partial charge in [0, 0.05) is 11.7 Å². The molecule has 0 aliphatic rings. The van der Waals surface area contributed by atoms with Gasteiger partial charge in [-0.05, 0) is 39.3 Å². The quantitative estimate of drug-likeness (QED) is 0.569. The standard InChI is InChI=1S/C14H19N7O2/c1-9-6-5-7-15-11(9)18-12-10(21(22)23)13(17-8-16-12)19-20-14(2,3)4/h5-8,20H,1-4H3,(H2,15,16,17,18,19). The maximum absolute atomic E-state index is 11.4. The molecule has 0 fully saturated rings. The Balaban J connectivity index is 2.36. The van der Waals surface area contributed by atoms with Gasteiger partial charge in [-0.15, -0.1) is 0 Å². The lowest BCUT2D eigenvalue weighted by molar-refractivity contribution is -0.383. The fourth-order valence-corrected chi connectivity index (χ4v) is 1.71. The van der Waals surface area contributed by atoms with E-state index in [0.29, 0.717) is 5.82 Å². The van der Waals surface area contributed by atoms with Crippen LogP contribution in [-0.4, -0.2) is 25.4 Å². The Hall–Kier alpha value is -2.81. The first-order valence-corrected chi connectivity index (χ1v) is 6.99. The molecule has 2 aromatic heterocycles. The molecule has 0 aromatic carbocycles. The van der Waals surface area contributed by atoms with Gasteiger partial charge in [0.1, 0.15) is 12.1 Å². The first-order chi connectivity index (χ1) is 10.8. The van der Waals surface area contributed by atoms with Crippen molar-refractivity contribution in [1.82, 2.24) is 20.4 Å². The highest BCUT2D eigenvalue weighted by atomic mass is 16.6. The third kappa shape index (κ3) is 4.33. The molecule has 2 heterocycles. The minimum absolute atomic E-state index is 0.0741. The van der Waals surface area contributed by atoms with Crippen LogP contribution in [0.25, 0.3) is 0 Å². The van der Waals surface area contributed by atoms with Gasteiger partial charge in [0.05, 0.1) is 4.92 Å². The first-order valence-electron chi connectivity index (χ1n) is 6.99. The highest BCUT2D eigenvalue weighted by Crippen LogP contribution is 2.31. The van der Waals surface area contributed by atoms with E-state index in [9.17, 15) is 10.1 Å². The molecule has 9 nitrogen and oxygen atoms in total. The Morgan fingerprint density at radius 3 is 2.43 bits per heavy atom. The zero-order chi connectivity index (χ0) is 17.0. The number of rotatable bonds is 5. The number of hydrazine groups is 1. The fourth-order valence-electron chi connectivity index (χ4n) is 1.71. The van der Waals surface area contributed by atoms with Crippen LogP contribution >= 0.6 is 0 Å². The van der Waals surface area contributed by atoms with Crippen LogP contribution in [0.5, 0.6) is 0 Å². The second-order valence-electron chi connectivity index (χ2n) is 5.97. The Morgan fingerprint density at radius 2 is 1.83 bits per heavy atom. The summed E-state index contributed by atoms with van der Waals surface area (Å²) < 4.78 is 0. The van der Waals surface area contributed by atoms with Crippen molar-refractivity contribution in [3.63, 3.8) is 0 Å². The summed E-state index contributed by atoms with van der Waals surface area (Å²) in [6.45, 7) is 7.61. The normalized spacial score (nSPS) is 11.1. The van der Waals surface area contributed by atoms with Gasteiger partial charge in [-0.2, -0.15) is 0 Å². The SMILES string of the molecule is Cc1cccnc1Nc1ncnc(NNC(C)(C)C)c1[N+](=O)[O-]. The number of pyridine rings is 1.